The molecule has 0 bridgehead atoms. The number of alkyl halides is 3. The molecule has 3 aromatic rings. The maximum atomic E-state index is 16.5. The first-order chi connectivity index (χ1) is 22.8. The molecule has 4 rings (SSSR count). The zero-order valence-corrected chi connectivity index (χ0v) is 27.6. The van der Waals surface area contributed by atoms with Gasteiger partial charge >= 0.3 is 12.1 Å². The molecule has 0 saturated carbocycles. The largest absolute Gasteiger partial charge is 0.481 e. The molecule has 2 atom stereocenters. The van der Waals surface area contributed by atoms with Crippen LogP contribution >= 0.6 is 0 Å². The molecule has 7 nitrogen and oxygen atoms in total. The number of nitrogens with one attached hydrogen (secondary N) is 1. The summed E-state index contributed by atoms with van der Waals surface area (Å²) in [6.45, 7) is 7.45. The normalized spacial score (nSPS) is 15.1. The summed E-state index contributed by atoms with van der Waals surface area (Å²) in [6, 6.07) is 0.180. The van der Waals surface area contributed by atoms with Crippen LogP contribution in [0.5, 0.6) is 0 Å². The van der Waals surface area contributed by atoms with E-state index in [2.05, 4.69) is 11.2 Å². The van der Waals surface area contributed by atoms with Crippen LogP contribution in [0.1, 0.15) is 72.2 Å². The molecular weight excluding hydrogens is 652 g/mol. The Balaban J connectivity index is 1.84. The van der Waals surface area contributed by atoms with Gasteiger partial charge in [0, 0.05) is 42.0 Å². The number of hydrogen-bond acceptors (Lipinski definition) is 4. The van der Waals surface area contributed by atoms with Crippen molar-refractivity contribution in [1.29, 1.82) is 0 Å². The van der Waals surface area contributed by atoms with Gasteiger partial charge in [-0.1, -0.05) is 19.8 Å². The molecule has 13 heteroatoms. The minimum Gasteiger partial charge on any atom is -0.481 e. The van der Waals surface area contributed by atoms with Crippen LogP contribution in [0.3, 0.4) is 0 Å². The predicted octanol–water partition coefficient (Wildman–Crippen LogP) is 6.57. The summed E-state index contributed by atoms with van der Waals surface area (Å²) >= 11 is 0. The minimum atomic E-state index is -4.84. The molecule has 1 amide bonds. The summed E-state index contributed by atoms with van der Waals surface area (Å²) < 4.78 is 89.3. The van der Waals surface area contributed by atoms with Gasteiger partial charge in [-0.2, -0.15) is 13.2 Å². The number of aliphatic carboxylic acids is 1. The van der Waals surface area contributed by atoms with Crippen LogP contribution in [-0.4, -0.2) is 46.6 Å². The summed E-state index contributed by atoms with van der Waals surface area (Å²) in [7, 11) is 1.81. The summed E-state index contributed by atoms with van der Waals surface area (Å²) in [5.74, 6) is -3.95. The summed E-state index contributed by atoms with van der Waals surface area (Å²) in [5, 5.41) is 12.1. The highest BCUT2D eigenvalue weighted by Gasteiger charge is 2.38. The number of benzene rings is 2. The van der Waals surface area contributed by atoms with Crippen LogP contribution in [-0.2, 0) is 22.2 Å². The topological polar surface area (TPSA) is 91.6 Å². The number of aromatic nitrogens is 1. The fourth-order valence-electron chi connectivity index (χ4n) is 6.61. The van der Waals surface area contributed by atoms with Crippen molar-refractivity contribution in [3.8, 4) is 23.5 Å². The second kappa shape index (κ2) is 14.5. The number of terminal acetylenes is 1. The molecule has 2 heterocycles. The summed E-state index contributed by atoms with van der Waals surface area (Å²) in [5.41, 5.74) is -3.16. The molecule has 1 aromatic heterocycles. The van der Waals surface area contributed by atoms with Gasteiger partial charge < -0.3 is 19.9 Å². The monoisotopic (exact) mass is 689 g/mol. The molecular formula is C36H37F6N3O4. The number of halogens is 6. The Bertz CT molecular complexity index is 1850. The number of pyridine rings is 1. The lowest BCUT2D eigenvalue weighted by Gasteiger charge is -2.37. The van der Waals surface area contributed by atoms with Crippen molar-refractivity contribution in [3.63, 3.8) is 0 Å². The standard InChI is InChI=1S/C36H37F6N3O4/c1-7-22-12-26(38)33(34(39)32(22)31-19(4)9-24(37)10-20(31)5)27(14-30(47)48)43-35(49)28(8-18(2)3)45-17-23(11-21-15-44(6)16-21)25(13-29(45)46)36(40,41)42/h1,9-10,12-13,17-18,21,27-28H,8,11,14-16H2,2-6H3,(H,43,49)(H,47,48). The molecule has 1 aliphatic heterocycles. The van der Waals surface area contributed by atoms with Crippen LogP contribution in [0.2, 0.25) is 0 Å². The molecule has 0 radical (unpaired) electrons. The van der Waals surface area contributed by atoms with Gasteiger partial charge in [0.1, 0.15) is 23.5 Å². The van der Waals surface area contributed by atoms with E-state index >= 15 is 8.78 Å². The van der Waals surface area contributed by atoms with Gasteiger partial charge in [0.05, 0.1) is 18.0 Å². The number of carbonyl (C=O) groups excluding carboxylic acids is 1. The highest BCUT2D eigenvalue weighted by Crippen LogP contribution is 2.39. The number of likely N-dealkylation sites (tertiary alicyclic amines) is 1. The second-order valence-electron chi connectivity index (χ2n) is 13.1. The molecule has 1 saturated heterocycles. The van der Waals surface area contributed by atoms with Gasteiger partial charge in [0.2, 0.25) is 5.91 Å². The number of nitrogens with zero attached hydrogens (tertiary/aromatic N) is 2. The third kappa shape index (κ3) is 8.19. The number of rotatable bonds is 11. The lowest BCUT2D eigenvalue weighted by Crippen LogP contribution is -2.45. The Morgan fingerprint density at radius 3 is 2.18 bits per heavy atom. The van der Waals surface area contributed by atoms with Gasteiger partial charge in [-0.25, -0.2) is 13.2 Å². The van der Waals surface area contributed by atoms with Crippen molar-refractivity contribution in [2.75, 3.05) is 20.1 Å². The number of aryl methyl sites for hydroxylation is 2. The first-order valence-electron chi connectivity index (χ1n) is 15.6. The molecule has 0 aliphatic carbocycles. The fraction of sp³-hybridized carbons (Fsp3) is 0.417. The van der Waals surface area contributed by atoms with Crippen molar-refractivity contribution in [3.05, 3.63) is 91.6 Å². The first kappa shape index (κ1) is 37.3. The van der Waals surface area contributed by atoms with E-state index in [-0.39, 0.29) is 58.1 Å². The molecule has 1 aliphatic rings. The van der Waals surface area contributed by atoms with Gasteiger partial charge in [-0.15, -0.1) is 6.42 Å². The van der Waals surface area contributed by atoms with E-state index in [0.717, 1.165) is 29.0 Å². The molecule has 1 fully saturated rings. The highest BCUT2D eigenvalue weighted by atomic mass is 19.4. The lowest BCUT2D eigenvalue weighted by atomic mass is 9.88. The van der Waals surface area contributed by atoms with E-state index in [9.17, 15) is 37.1 Å². The number of carboxylic acids is 1. The molecule has 262 valence electrons. The average Bonchev–Trinajstić information content (AvgIpc) is 2.95. The fourth-order valence-corrected chi connectivity index (χ4v) is 6.61. The molecule has 49 heavy (non-hydrogen) atoms. The van der Waals surface area contributed by atoms with E-state index in [1.165, 1.54) is 13.8 Å². The van der Waals surface area contributed by atoms with E-state index in [4.69, 9.17) is 6.42 Å². The average molecular weight is 690 g/mol. The Morgan fingerprint density at radius 2 is 1.67 bits per heavy atom. The van der Waals surface area contributed by atoms with Crippen molar-refractivity contribution in [1.82, 2.24) is 14.8 Å². The van der Waals surface area contributed by atoms with E-state index in [1.54, 1.807) is 13.8 Å². The lowest BCUT2D eigenvalue weighted by molar-refractivity contribution is -0.139. The zero-order chi connectivity index (χ0) is 36.5. The van der Waals surface area contributed by atoms with Crippen LogP contribution in [0.4, 0.5) is 26.3 Å². The van der Waals surface area contributed by atoms with Gasteiger partial charge in [-0.3, -0.25) is 14.4 Å². The van der Waals surface area contributed by atoms with Gasteiger partial charge in [0.25, 0.3) is 5.56 Å². The van der Waals surface area contributed by atoms with Crippen LogP contribution < -0.4 is 10.9 Å². The number of carboxylic acid groups (broad SMARTS) is 1. The quantitative estimate of drug-likeness (QED) is 0.176. The van der Waals surface area contributed by atoms with Crippen LogP contribution in [0.15, 0.2) is 35.3 Å². The predicted molar refractivity (Wildman–Crippen MR) is 171 cm³/mol. The highest BCUT2D eigenvalue weighted by molar-refractivity contribution is 5.83. The van der Waals surface area contributed by atoms with E-state index in [1.807, 2.05) is 11.9 Å². The second-order valence-corrected chi connectivity index (χ2v) is 13.1. The third-order valence-corrected chi connectivity index (χ3v) is 8.65. The third-order valence-electron chi connectivity index (χ3n) is 8.65. The minimum absolute atomic E-state index is 0.0138. The molecule has 2 unspecified atom stereocenters. The Hall–Kier alpha value is -4.57. The maximum Gasteiger partial charge on any atom is 0.416 e. The number of hydrogen-bond donors (Lipinski definition) is 2. The SMILES string of the molecule is C#Cc1cc(F)c(C(CC(=O)O)NC(=O)C(CC(C)C)n2cc(CC3CN(C)C3)c(C(F)(F)F)cc2=O)c(F)c1-c1c(C)cc(F)cc1C. The maximum absolute atomic E-state index is 16.5. The van der Waals surface area contributed by atoms with Crippen molar-refractivity contribution in [2.24, 2.45) is 11.8 Å². The Labute approximate surface area is 279 Å². The summed E-state index contributed by atoms with van der Waals surface area (Å²) in [4.78, 5) is 41.1. The molecule has 2 aromatic carbocycles. The van der Waals surface area contributed by atoms with Crippen molar-refractivity contribution >= 4 is 11.9 Å². The first-order valence-corrected chi connectivity index (χ1v) is 15.6. The molecule has 2 N–H and O–H groups in total. The Morgan fingerprint density at radius 1 is 1.06 bits per heavy atom. The van der Waals surface area contributed by atoms with E-state index in [0.29, 0.717) is 19.2 Å². The van der Waals surface area contributed by atoms with Crippen molar-refractivity contribution < 1.29 is 41.0 Å². The van der Waals surface area contributed by atoms with Gasteiger partial charge in [0.15, 0.2) is 0 Å². The zero-order valence-electron chi connectivity index (χ0n) is 27.6. The Kier molecular flexibility index (Phi) is 11.0. The smallest absolute Gasteiger partial charge is 0.416 e. The number of amides is 1. The van der Waals surface area contributed by atoms with Crippen molar-refractivity contribution in [2.45, 2.75) is 65.2 Å². The van der Waals surface area contributed by atoms with Gasteiger partial charge in [-0.05, 0) is 86.0 Å². The number of carbonyl (C=O) groups is 2. The van der Waals surface area contributed by atoms with E-state index < -0.39 is 70.7 Å². The van der Waals surface area contributed by atoms with Crippen LogP contribution in [0.25, 0.3) is 11.1 Å². The summed E-state index contributed by atoms with van der Waals surface area (Å²) in [6.07, 6.45) is 0.639. The molecule has 0 spiro atoms. The van der Waals surface area contributed by atoms with Crippen LogP contribution in [0, 0.1) is 55.5 Å².